The van der Waals surface area contributed by atoms with Crippen LogP contribution in [0.1, 0.15) is 22.3 Å². The first-order valence-electron chi connectivity index (χ1n) is 18.4. The number of rotatable bonds is 6. The quantitative estimate of drug-likeness (QED) is 0.174. The van der Waals surface area contributed by atoms with E-state index >= 15 is 0 Å². The minimum atomic E-state index is -0.537. The maximum atomic E-state index is 6.72. The van der Waals surface area contributed by atoms with Gasteiger partial charge in [0.2, 0.25) is 0 Å². The normalized spacial score (nSPS) is 13.0. The van der Waals surface area contributed by atoms with Gasteiger partial charge in [0.25, 0.3) is 0 Å². The fraction of sp³-hybridized carbons (Fsp3) is 0.0196. The van der Waals surface area contributed by atoms with Crippen LogP contribution in [-0.2, 0) is 5.41 Å². The van der Waals surface area contributed by atoms with E-state index in [0.29, 0.717) is 0 Å². The van der Waals surface area contributed by atoms with Gasteiger partial charge < -0.3 is 13.7 Å². The number of fused-ring (bicyclic) bond motifs is 7. The Morgan fingerprint density at radius 3 is 1.87 bits per heavy atom. The lowest BCUT2D eigenvalue weighted by molar-refractivity contribution is 0.616. The Morgan fingerprint density at radius 2 is 1.07 bits per heavy atom. The Morgan fingerprint density at radius 1 is 0.407 bits per heavy atom. The van der Waals surface area contributed by atoms with E-state index in [2.05, 4.69) is 181 Å². The van der Waals surface area contributed by atoms with E-state index in [1.165, 1.54) is 33.4 Å². The highest BCUT2D eigenvalue weighted by molar-refractivity contribution is 6.11. The SMILES string of the molecule is c1ccc(-c2ccc3c(N(c4ccc5c(c4)C(c4ccccc4)(c4ccccc4)c4ccccc4-5)c4cccc5c4oc4ccccc45)coc3c2)cc1. The molecule has 0 aliphatic heterocycles. The second kappa shape index (κ2) is 12.0. The van der Waals surface area contributed by atoms with E-state index in [-0.39, 0.29) is 0 Å². The third-order valence-corrected chi connectivity index (χ3v) is 11.2. The Kier molecular flexibility index (Phi) is 6.77. The fourth-order valence-electron chi connectivity index (χ4n) is 8.89. The average Bonchev–Trinajstić information content (AvgIpc) is 3.93. The van der Waals surface area contributed by atoms with Gasteiger partial charge in [0.1, 0.15) is 17.4 Å². The zero-order valence-corrected chi connectivity index (χ0v) is 29.3. The molecule has 11 rings (SSSR count). The second-order valence-corrected chi connectivity index (χ2v) is 14.0. The van der Waals surface area contributed by atoms with E-state index in [9.17, 15) is 0 Å². The van der Waals surface area contributed by atoms with Crippen molar-refractivity contribution in [1.82, 2.24) is 0 Å². The minimum Gasteiger partial charge on any atom is -0.462 e. The van der Waals surface area contributed by atoms with Crippen LogP contribution >= 0.6 is 0 Å². The molecule has 0 amide bonds. The maximum absolute atomic E-state index is 6.72. The summed E-state index contributed by atoms with van der Waals surface area (Å²) in [6.45, 7) is 0. The molecule has 0 fully saturated rings. The second-order valence-electron chi connectivity index (χ2n) is 14.0. The van der Waals surface area contributed by atoms with E-state index in [1.54, 1.807) is 0 Å². The van der Waals surface area contributed by atoms with E-state index in [0.717, 1.165) is 61.1 Å². The third-order valence-electron chi connectivity index (χ3n) is 11.2. The lowest BCUT2D eigenvalue weighted by atomic mass is 9.67. The molecule has 254 valence electrons. The average molecular weight is 692 g/mol. The van der Waals surface area contributed by atoms with Gasteiger partial charge in [-0.1, -0.05) is 158 Å². The van der Waals surface area contributed by atoms with Gasteiger partial charge in [-0.15, -0.1) is 0 Å². The number of nitrogens with zero attached hydrogens (tertiary/aromatic N) is 1. The molecule has 2 aromatic heterocycles. The van der Waals surface area contributed by atoms with Gasteiger partial charge in [0, 0.05) is 21.8 Å². The zero-order chi connectivity index (χ0) is 35.6. The predicted molar refractivity (Wildman–Crippen MR) is 221 cm³/mol. The highest BCUT2D eigenvalue weighted by Gasteiger charge is 2.46. The number of para-hydroxylation sites is 2. The van der Waals surface area contributed by atoms with Crippen LogP contribution in [0, 0.1) is 0 Å². The van der Waals surface area contributed by atoms with Crippen LogP contribution in [-0.4, -0.2) is 0 Å². The minimum absolute atomic E-state index is 0.537. The van der Waals surface area contributed by atoms with Crippen molar-refractivity contribution in [2.75, 3.05) is 4.90 Å². The third kappa shape index (κ3) is 4.42. The molecule has 8 aromatic carbocycles. The molecule has 2 heterocycles. The largest absolute Gasteiger partial charge is 0.462 e. The van der Waals surface area contributed by atoms with Crippen LogP contribution in [0.3, 0.4) is 0 Å². The molecule has 0 bridgehead atoms. The van der Waals surface area contributed by atoms with Gasteiger partial charge in [0.05, 0.1) is 16.8 Å². The maximum Gasteiger partial charge on any atom is 0.159 e. The Labute approximate surface area is 313 Å². The first-order chi connectivity index (χ1) is 26.8. The van der Waals surface area contributed by atoms with Crippen molar-refractivity contribution in [2.45, 2.75) is 5.41 Å². The number of furan rings is 2. The standard InChI is InChI=1S/C51H33NO2/c1-4-15-34(16-5-1)35-27-29-43-47(33-53-49(43)31-35)52(46-25-14-23-42-41-22-11-13-26-48(41)54-50(42)46)38-28-30-40-39-21-10-12-24-44(39)51(45(40)32-38,36-17-6-2-7-18-36)37-19-8-3-9-20-37/h1-33H. The van der Waals surface area contributed by atoms with Gasteiger partial charge >= 0.3 is 0 Å². The molecular formula is C51H33NO2. The summed E-state index contributed by atoms with van der Waals surface area (Å²) in [4.78, 5) is 2.32. The van der Waals surface area contributed by atoms with E-state index < -0.39 is 5.41 Å². The summed E-state index contributed by atoms with van der Waals surface area (Å²) in [6.07, 6.45) is 1.89. The van der Waals surface area contributed by atoms with Crippen molar-refractivity contribution in [3.63, 3.8) is 0 Å². The summed E-state index contributed by atoms with van der Waals surface area (Å²) in [6, 6.07) is 69.4. The molecule has 3 nitrogen and oxygen atoms in total. The first-order valence-corrected chi connectivity index (χ1v) is 18.4. The monoisotopic (exact) mass is 691 g/mol. The lowest BCUT2D eigenvalue weighted by Gasteiger charge is -2.34. The van der Waals surface area contributed by atoms with Crippen LogP contribution < -0.4 is 4.90 Å². The van der Waals surface area contributed by atoms with Crippen molar-refractivity contribution in [2.24, 2.45) is 0 Å². The van der Waals surface area contributed by atoms with Crippen LogP contribution in [0.25, 0.3) is 55.2 Å². The van der Waals surface area contributed by atoms with Crippen molar-refractivity contribution < 1.29 is 8.83 Å². The molecule has 1 aliphatic carbocycles. The Hall–Kier alpha value is -7.10. The summed E-state index contributed by atoms with van der Waals surface area (Å²) in [5.41, 5.74) is 14.6. The van der Waals surface area contributed by atoms with Gasteiger partial charge in [0.15, 0.2) is 5.58 Å². The summed E-state index contributed by atoms with van der Waals surface area (Å²) < 4.78 is 13.2. The molecule has 0 atom stereocenters. The molecule has 1 aliphatic rings. The first kappa shape index (κ1) is 30.5. The fourth-order valence-corrected chi connectivity index (χ4v) is 8.89. The van der Waals surface area contributed by atoms with Crippen molar-refractivity contribution in [1.29, 1.82) is 0 Å². The number of benzene rings is 8. The number of hydrogen-bond acceptors (Lipinski definition) is 3. The van der Waals surface area contributed by atoms with Crippen molar-refractivity contribution in [3.8, 4) is 22.3 Å². The highest BCUT2D eigenvalue weighted by atomic mass is 16.3. The summed E-state index contributed by atoms with van der Waals surface area (Å²) in [7, 11) is 0. The molecule has 0 unspecified atom stereocenters. The molecule has 54 heavy (non-hydrogen) atoms. The molecule has 10 aromatic rings. The van der Waals surface area contributed by atoms with Crippen LogP contribution in [0.2, 0.25) is 0 Å². The van der Waals surface area contributed by atoms with Crippen molar-refractivity contribution >= 4 is 50.0 Å². The van der Waals surface area contributed by atoms with Crippen LogP contribution in [0.4, 0.5) is 17.1 Å². The molecule has 0 saturated heterocycles. The molecular weight excluding hydrogens is 659 g/mol. The van der Waals surface area contributed by atoms with E-state index in [1.807, 2.05) is 24.5 Å². The molecule has 0 saturated carbocycles. The Bertz CT molecular complexity index is 2950. The lowest BCUT2D eigenvalue weighted by Crippen LogP contribution is -2.28. The number of anilines is 3. The Balaban J connectivity index is 1.20. The van der Waals surface area contributed by atoms with Gasteiger partial charge in [-0.25, -0.2) is 0 Å². The van der Waals surface area contributed by atoms with Gasteiger partial charge in [-0.2, -0.15) is 0 Å². The topological polar surface area (TPSA) is 29.5 Å². The van der Waals surface area contributed by atoms with Crippen LogP contribution in [0.5, 0.6) is 0 Å². The van der Waals surface area contributed by atoms with Gasteiger partial charge in [-0.3, -0.25) is 0 Å². The van der Waals surface area contributed by atoms with E-state index in [4.69, 9.17) is 8.83 Å². The molecule has 0 radical (unpaired) electrons. The van der Waals surface area contributed by atoms with Gasteiger partial charge in [-0.05, 0) is 80.9 Å². The predicted octanol–water partition coefficient (Wildman–Crippen LogP) is 13.8. The summed E-state index contributed by atoms with van der Waals surface area (Å²) >= 11 is 0. The highest BCUT2D eigenvalue weighted by Crippen LogP contribution is 2.57. The molecule has 0 spiro atoms. The molecule has 0 N–H and O–H groups in total. The zero-order valence-electron chi connectivity index (χ0n) is 29.3. The summed E-state index contributed by atoms with van der Waals surface area (Å²) in [5.74, 6) is 0. The molecule has 3 heteroatoms. The smallest absolute Gasteiger partial charge is 0.159 e. The van der Waals surface area contributed by atoms with Crippen LogP contribution in [0.15, 0.2) is 209 Å². The number of hydrogen-bond donors (Lipinski definition) is 0. The van der Waals surface area contributed by atoms with Crippen molar-refractivity contribution in [3.05, 3.63) is 223 Å². The summed E-state index contributed by atoms with van der Waals surface area (Å²) in [5, 5.41) is 3.18.